The van der Waals surface area contributed by atoms with Gasteiger partial charge in [-0.05, 0) is 54.5 Å². The van der Waals surface area contributed by atoms with E-state index in [0.717, 1.165) is 43.9 Å². The zero-order chi connectivity index (χ0) is 27.7. The fourth-order valence-corrected chi connectivity index (χ4v) is 4.71. The lowest BCUT2D eigenvalue weighted by Gasteiger charge is -2.11. The number of amides is 1. The van der Waals surface area contributed by atoms with Crippen molar-refractivity contribution in [3.8, 4) is 11.3 Å². The highest BCUT2D eigenvalue weighted by Gasteiger charge is 2.10. The molecule has 39 heavy (non-hydrogen) atoms. The Kier molecular flexibility index (Phi) is 9.73. The van der Waals surface area contributed by atoms with Gasteiger partial charge in [0.15, 0.2) is 5.65 Å². The molecule has 0 aliphatic rings. The van der Waals surface area contributed by atoms with Gasteiger partial charge in [-0.25, -0.2) is 9.97 Å². The number of aromatic nitrogens is 3. The number of aryl methyl sites for hydroxylation is 1. The Morgan fingerprint density at radius 2 is 1.72 bits per heavy atom. The van der Waals surface area contributed by atoms with Gasteiger partial charge in [-0.1, -0.05) is 68.3 Å². The van der Waals surface area contributed by atoms with Crippen molar-refractivity contribution in [3.63, 3.8) is 0 Å². The third kappa shape index (κ3) is 9.23. The van der Waals surface area contributed by atoms with E-state index in [1.54, 1.807) is 36.5 Å². The second kappa shape index (κ2) is 13.4. The summed E-state index contributed by atoms with van der Waals surface area (Å²) >= 11 is 0. The van der Waals surface area contributed by atoms with Gasteiger partial charge in [-0.15, -0.1) is 0 Å². The summed E-state index contributed by atoms with van der Waals surface area (Å²) in [6.45, 7) is 2.19. The molecule has 1 atom stereocenters. The van der Waals surface area contributed by atoms with E-state index in [1.807, 2.05) is 12.1 Å². The van der Waals surface area contributed by atoms with E-state index in [0.29, 0.717) is 40.6 Å². The Balaban J connectivity index is 1.29. The first-order valence-corrected chi connectivity index (χ1v) is 15.0. The van der Waals surface area contributed by atoms with Crippen LogP contribution in [0.5, 0.6) is 0 Å². The quantitative estimate of drug-likeness (QED) is 0.207. The maximum atomic E-state index is 12.5. The first-order chi connectivity index (χ1) is 18.7. The Labute approximate surface area is 230 Å². The van der Waals surface area contributed by atoms with E-state index >= 15 is 0 Å². The zero-order valence-electron chi connectivity index (χ0n) is 22.3. The number of hydrogen-bond acceptors (Lipinski definition) is 7. The second-order valence-corrected chi connectivity index (χ2v) is 11.5. The normalized spacial score (nSPS) is 12.4. The number of benzene rings is 2. The van der Waals surface area contributed by atoms with Crippen molar-refractivity contribution in [2.45, 2.75) is 52.1 Å². The zero-order valence-corrected chi connectivity index (χ0v) is 23.2. The Hall–Kier alpha value is -3.69. The number of anilines is 1. The average molecular weight is 547 g/mol. The van der Waals surface area contributed by atoms with Gasteiger partial charge in [0.1, 0.15) is 11.3 Å². The van der Waals surface area contributed by atoms with Gasteiger partial charge in [0, 0.05) is 12.0 Å². The number of pyridine rings is 1. The summed E-state index contributed by atoms with van der Waals surface area (Å²) in [4.78, 5) is 26.1. The monoisotopic (exact) mass is 546 g/mol. The maximum absolute atomic E-state index is 12.5. The first-order valence-electron chi connectivity index (χ1n) is 13.2. The van der Waals surface area contributed by atoms with E-state index in [-0.39, 0.29) is 12.5 Å². The summed E-state index contributed by atoms with van der Waals surface area (Å²) < 4.78 is 27.5. The molecule has 0 saturated heterocycles. The molecule has 1 amide bonds. The van der Waals surface area contributed by atoms with Gasteiger partial charge in [0.25, 0.3) is 10.1 Å². The van der Waals surface area contributed by atoms with Crippen molar-refractivity contribution in [2.24, 2.45) is 5.92 Å². The predicted octanol–water partition coefficient (Wildman–Crippen LogP) is 5.94. The molecule has 0 radical (unpaired) electrons. The number of hydrogen-bond donors (Lipinski definition) is 1. The van der Waals surface area contributed by atoms with Gasteiger partial charge < -0.3 is 5.32 Å². The number of nitrogens with one attached hydrogen (secondary N) is 1. The molecular weight excluding hydrogens is 512 g/mol. The summed E-state index contributed by atoms with van der Waals surface area (Å²) in [6.07, 6.45) is 8.33. The fourth-order valence-electron chi connectivity index (χ4n) is 4.36. The molecule has 1 unspecified atom stereocenters. The highest BCUT2D eigenvalue weighted by atomic mass is 32.2. The van der Waals surface area contributed by atoms with E-state index in [4.69, 9.17) is 4.18 Å². The molecule has 0 spiro atoms. The SMILES string of the molecule is CC(CCCC(=O)Nc1ccc2ncc(-c3cccc(COS(C)(=O)=O)c3)nc2n1)CCCc1ccccc1. The van der Waals surface area contributed by atoms with E-state index in [2.05, 4.69) is 51.5 Å². The van der Waals surface area contributed by atoms with Crippen LogP contribution in [0.4, 0.5) is 5.82 Å². The molecule has 2 heterocycles. The molecule has 0 aliphatic carbocycles. The van der Waals surface area contributed by atoms with Crippen LogP contribution in [0.2, 0.25) is 0 Å². The van der Waals surface area contributed by atoms with Crippen LogP contribution in [-0.2, 0) is 32.1 Å². The summed E-state index contributed by atoms with van der Waals surface area (Å²) in [6, 6.07) is 21.3. The third-order valence-electron chi connectivity index (χ3n) is 6.44. The fraction of sp³-hybridized carbons (Fsp3) is 0.333. The number of nitrogens with zero attached hydrogens (tertiary/aromatic N) is 3. The lowest BCUT2D eigenvalue weighted by molar-refractivity contribution is -0.116. The minimum Gasteiger partial charge on any atom is -0.311 e. The van der Waals surface area contributed by atoms with Gasteiger partial charge in [-0.3, -0.25) is 14.0 Å². The second-order valence-electron chi connectivity index (χ2n) is 9.88. The molecule has 2 aromatic carbocycles. The summed E-state index contributed by atoms with van der Waals surface area (Å²) in [5, 5.41) is 2.88. The summed E-state index contributed by atoms with van der Waals surface area (Å²) in [7, 11) is -3.54. The molecule has 9 heteroatoms. The van der Waals surface area contributed by atoms with Crippen molar-refractivity contribution in [1.29, 1.82) is 0 Å². The van der Waals surface area contributed by atoms with Crippen molar-refractivity contribution < 1.29 is 17.4 Å². The van der Waals surface area contributed by atoms with Crippen LogP contribution in [0.15, 0.2) is 72.9 Å². The minimum atomic E-state index is -3.54. The van der Waals surface area contributed by atoms with Crippen molar-refractivity contribution in [3.05, 3.63) is 84.1 Å². The van der Waals surface area contributed by atoms with Crippen molar-refractivity contribution in [1.82, 2.24) is 15.0 Å². The lowest BCUT2D eigenvalue weighted by atomic mass is 9.96. The number of carbonyl (C=O) groups is 1. The molecule has 0 saturated carbocycles. The molecule has 204 valence electrons. The van der Waals surface area contributed by atoms with Crippen LogP contribution >= 0.6 is 0 Å². The molecule has 4 aromatic rings. The Morgan fingerprint density at radius 1 is 0.949 bits per heavy atom. The van der Waals surface area contributed by atoms with E-state index < -0.39 is 10.1 Å². The van der Waals surface area contributed by atoms with Crippen LogP contribution < -0.4 is 5.32 Å². The van der Waals surface area contributed by atoms with Crippen LogP contribution in [0, 0.1) is 5.92 Å². The lowest BCUT2D eigenvalue weighted by Crippen LogP contribution is -2.13. The van der Waals surface area contributed by atoms with Gasteiger partial charge >= 0.3 is 0 Å². The summed E-state index contributed by atoms with van der Waals surface area (Å²) in [5.41, 5.74) is 4.43. The number of carbonyl (C=O) groups excluding carboxylic acids is 1. The molecule has 0 fully saturated rings. The molecule has 1 N–H and O–H groups in total. The third-order valence-corrected chi connectivity index (χ3v) is 6.99. The average Bonchev–Trinajstić information content (AvgIpc) is 2.92. The predicted molar refractivity (Wildman–Crippen MR) is 153 cm³/mol. The number of fused-ring (bicyclic) bond motifs is 1. The van der Waals surface area contributed by atoms with Gasteiger partial charge in [-0.2, -0.15) is 8.42 Å². The molecular formula is C30H34N4O4S. The van der Waals surface area contributed by atoms with Crippen LogP contribution in [0.1, 0.15) is 50.2 Å². The van der Waals surface area contributed by atoms with Crippen LogP contribution in [0.3, 0.4) is 0 Å². The highest BCUT2D eigenvalue weighted by molar-refractivity contribution is 7.85. The topological polar surface area (TPSA) is 111 Å². The standard InChI is InChI=1S/C30H34N4O4S/c1-22(9-6-13-23-11-4-3-5-12-23)10-7-16-29(35)33-28-18-17-26-30(34-28)32-27(20-31-26)25-15-8-14-24(19-25)21-38-39(2,36)37/h3-5,8,11-12,14-15,17-20,22H,6-7,9-10,13,16,21H2,1-2H3,(H,32,33,34,35). The highest BCUT2D eigenvalue weighted by Crippen LogP contribution is 2.22. The molecule has 8 nitrogen and oxygen atoms in total. The molecule has 2 aromatic heterocycles. The van der Waals surface area contributed by atoms with Gasteiger partial charge in [0.05, 0.1) is 24.8 Å². The van der Waals surface area contributed by atoms with Gasteiger partial charge in [0.2, 0.25) is 5.91 Å². The molecule has 4 rings (SSSR count). The van der Waals surface area contributed by atoms with Crippen LogP contribution in [-0.4, -0.2) is 35.5 Å². The molecule has 0 bridgehead atoms. The molecule has 0 aliphatic heterocycles. The van der Waals surface area contributed by atoms with E-state index in [1.165, 1.54) is 5.56 Å². The largest absolute Gasteiger partial charge is 0.311 e. The maximum Gasteiger partial charge on any atom is 0.264 e. The number of rotatable bonds is 13. The van der Waals surface area contributed by atoms with Crippen molar-refractivity contribution >= 4 is 33.0 Å². The minimum absolute atomic E-state index is 0.0609. The first kappa shape index (κ1) is 28.3. The van der Waals surface area contributed by atoms with E-state index in [9.17, 15) is 13.2 Å². The van der Waals surface area contributed by atoms with Crippen molar-refractivity contribution in [2.75, 3.05) is 11.6 Å². The smallest absolute Gasteiger partial charge is 0.264 e. The Morgan fingerprint density at radius 3 is 2.51 bits per heavy atom. The summed E-state index contributed by atoms with van der Waals surface area (Å²) in [5.74, 6) is 0.941. The Bertz CT molecular complexity index is 1510. The van der Waals surface area contributed by atoms with Crippen LogP contribution in [0.25, 0.3) is 22.4 Å².